The van der Waals surface area contributed by atoms with Crippen molar-refractivity contribution in [3.63, 3.8) is 0 Å². The van der Waals surface area contributed by atoms with E-state index in [2.05, 4.69) is 0 Å². The third-order valence-corrected chi connectivity index (χ3v) is 5.10. The molecule has 1 saturated heterocycles. The molecule has 0 radical (unpaired) electrons. The molecule has 1 heterocycles. The van der Waals surface area contributed by atoms with Crippen molar-refractivity contribution >= 4 is 10.0 Å². The van der Waals surface area contributed by atoms with Crippen LogP contribution in [0.2, 0.25) is 0 Å². The van der Waals surface area contributed by atoms with Crippen LogP contribution in [0.1, 0.15) is 17.5 Å². The first kappa shape index (κ1) is 12.5. The number of aliphatic hydroxyl groups excluding tert-OH is 1. The first-order valence-corrected chi connectivity index (χ1v) is 7.11. The highest BCUT2D eigenvalue weighted by atomic mass is 32.2. The van der Waals surface area contributed by atoms with Crippen molar-refractivity contribution in [3.8, 4) is 0 Å². The van der Waals surface area contributed by atoms with Crippen LogP contribution in [0.25, 0.3) is 0 Å². The lowest BCUT2D eigenvalue weighted by molar-refractivity contribution is 0.189. The Hall–Kier alpha value is -0.910. The first-order valence-electron chi connectivity index (χ1n) is 5.67. The van der Waals surface area contributed by atoms with Gasteiger partial charge >= 0.3 is 0 Å². The first-order chi connectivity index (χ1) is 7.91. The Morgan fingerprint density at radius 1 is 1.35 bits per heavy atom. The van der Waals surface area contributed by atoms with Gasteiger partial charge < -0.3 is 5.11 Å². The summed E-state index contributed by atoms with van der Waals surface area (Å²) in [5.74, 6) is 0. The summed E-state index contributed by atoms with van der Waals surface area (Å²) in [4.78, 5) is 0.345. The number of aliphatic hydroxyl groups is 1. The van der Waals surface area contributed by atoms with Gasteiger partial charge in [0.1, 0.15) is 0 Å². The van der Waals surface area contributed by atoms with Gasteiger partial charge in [0, 0.05) is 13.1 Å². The Kier molecular flexibility index (Phi) is 3.25. The van der Waals surface area contributed by atoms with Crippen LogP contribution in [0.4, 0.5) is 0 Å². The van der Waals surface area contributed by atoms with E-state index in [-0.39, 0.29) is 6.54 Å². The van der Waals surface area contributed by atoms with Crippen molar-refractivity contribution in [2.75, 3.05) is 13.1 Å². The van der Waals surface area contributed by atoms with Gasteiger partial charge in [0.2, 0.25) is 10.0 Å². The predicted molar refractivity (Wildman–Crippen MR) is 65.3 cm³/mol. The van der Waals surface area contributed by atoms with Crippen molar-refractivity contribution in [2.24, 2.45) is 0 Å². The number of rotatable bonds is 2. The van der Waals surface area contributed by atoms with Gasteiger partial charge in [0.25, 0.3) is 0 Å². The zero-order valence-electron chi connectivity index (χ0n) is 10.0. The summed E-state index contributed by atoms with van der Waals surface area (Å²) in [7, 11) is -3.45. The molecule has 1 aliphatic rings. The van der Waals surface area contributed by atoms with Gasteiger partial charge in [-0.25, -0.2) is 8.42 Å². The fourth-order valence-corrected chi connectivity index (χ4v) is 3.85. The van der Waals surface area contributed by atoms with Crippen molar-refractivity contribution in [3.05, 3.63) is 29.3 Å². The zero-order valence-corrected chi connectivity index (χ0v) is 10.9. The maximum Gasteiger partial charge on any atom is 0.243 e. The molecule has 1 aromatic carbocycles. The smallest absolute Gasteiger partial charge is 0.243 e. The lowest BCUT2D eigenvalue weighted by Gasteiger charge is -2.17. The van der Waals surface area contributed by atoms with Crippen molar-refractivity contribution in [2.45, 2.75) is 31.3 Å². The van der Waals surface area contributed by atoms with Crippen LogP contribution in [0.5, 0.6) is 0 Å². The number of hydrogen-bond donors (Lipinski definition) is 1. The minimum absolute atomic E-state index is 0.204. The van der Waals surface area contributed by atoms with E-state index >= 15 is 0 Å². The van der Waals surface area contributed by atoms with Crippen LogP contribution >= 0.6 is 0 Å². The van der Waals surface area contributed by atoms with Crippen LogP contribution in [0.3, 0.4) is 0 Å². The summed E-state index contributed by atoms with van der Waals surface area (Å²) in [5, 5.41) is 9.42. The molecule has 0 unspecified atom stereocenters. The molecule has 1 N–H and O–H groups in total. The Balaban J connectivity index is 2.38. The van der Waals surface area contributed by atoms with E-state index in [1.165, 1.54) is 4.31 Å². The van der Waals surface area contributed by atoms with Crippen LogP contribution < -0.4 is 0 Å². The average molecular weight is 255 g/mol. The van der Waals surface area contributed by atoms with Gasteiger partial charge in [-0.15, -0.1) is 0 Å². The summed E-state index contributed by atoms with van der Waals surface area (Å²) < 4.78 is 26.0. The monoisotopic (exact) mass is 255 g/mol. The molecular formula is C12H17NO3S. The molecule has 1 atom stereocenters. The van der Waals surface area contributed by atoms with E-state index in [4.69, 9.17) is 0 Å². The highest BCUT2D eigenvalue weighted by Crippen LogP contribution is 2.24. The topological polar surface area (TPSA) is 57.6 Å². The zero-order chi connectivity index (χ0) is 12.6. The van der Waals surface area contributed by atoms with E-state index < -0.39 is 16.1 Å². The maximum absolute atomic E-state index is 12.3. The van der Waals surface area contributed by atoms with E-state index in [0.29, 0.717) is 17.9 Å². The van der Waals surface area contributed by atoms with E-state index in [0.717, 1.165) is 11.1 Å². The second-order valence-corrected chi connectivity index (χ2v) is 6.48. The second-order valence-electron chi connectivity index (χ2n) is 4.57. The molecule has 0 saturated carbocycles. The number of nitrogens with zero attached hydrogens (tertiary/aromatic N) is 1. The second kappa shape index (κ2) is 4.40. The highest BCUT2D eigenvalue weighted by molar-refractivity contribution is 7.89. The summed E-state index contributed by atoms with van der Waals surface area (Å²) in [6.07, 6.45) is -0.0139. The molecule has 5 heteroatoms. The number of hydrogen-bond acceptors (Lipinski definition) is 3. The molecule has 0 aliphatic carbocycles. The van der Waals surface area contributed by atoms with Gasteiger partial charge in [-0.05, 0) is 31.9 Å². The highest BCUT2D eigenvalue weighted by Gasteiger charge is 2.32. The molecule has 0 spiro atoms. The van der Waals surface area contributed by atoms with Crippen molar-refractivity contribution in [1.29, 1.82) is 0 Å². The normalized spacial score (nSPS) is 21.9. The summed E-state index contributed by atoms with van der Waals surface area (Å²) in [6, 6.07) is 5.30. The fourth-order valence-electron chi connectivity index (χ4n) is 2.16. The van der Waals surface area contributed by atoms with E-state index in [1.807, 2.05) is 13.0 Å². The molecule has 94 valence electrons. The Bertz CT molecular complexity index is 525. The van der Waals surface area contributed by atoms with E-state index in [1.54, 1.807) is 19.1 Å². The third kappa shape index (κ3) is 2.36. The molecule has 4 nitrogen and oxygen atoms in total. The van der Waals surface area contributed by atoms with Gasteiger partial charge in [-0.2, -0.15) is 4.31 Å². The molecular weight excluding hydrogens is 238 g/mol. The van der Waals surface area contributed by atoms with Crippen molar-refractivity contribution < 1.29 is 13.5 Å². The molecule has 2 rings (SSSR count). The number of benzene rings is 1. The predicted octanol–water partition coefficient (Wildman–Crippen LogP) is 1.06. The van der Waals surface area contributed by atoms with Crippen LogP contribution in [0.15, 0.2) is 23.1 Å². The SMILES string of the molecule is Cc1ccc(S(=O)(=O)N2CC[C@H](O)C2)c(C)c1. The van der Waals surface area contributed by atoms with E-state index in [9.17, 15) is 13.5 Å². The van der Waals surface area contributed by atoms with Crippen LogP contribution in [-0.4, -0.2) is 37.0 Å². The van der Waals surface area contributed by atoms with Gasteiger partial charge in [0.05, 0.1) is 11.0 Å². The fraction of sp³-hybridized carbons (Fsp3) is 0.500. The minimum atomic E-state index is -3.45. The molecule has 0 bridgehead atoms. The summed E-state index contributed by atoms with van der Waals surface area (Å²) in [5.41, 5.74) is 1.80. The Labute approximate surface area is 102 Å². The average Bonchev–Trinajstić information content (AvgIpc) is 2.64. The van der Waals surface area contributed by atoms with Gasteiger partial charge in [0.15, 0.2) is 0 Å². The van der Waals surface area contributed by atoms with Crippen molar-refractivity contribution in [1.82, 2.24) is 4.31 Å². The molecule has 0 aromatic heterocycles. The molecule has 1 aliphatic heterocycles. The minimum Gasteiger partial charge on any atom is -0.392 e. The lowest BCUT2D eigenvalue weighted by atomic mass is 10.2. The largest absolute Gasteiger partial charge is 0.392 e. The standard InChI is InChI=1S/C12H17NO3S/c1-9-3-4-12(10(2)7-9)17(15,16)13-6-5-11(14)8-13/h3-4,7,11,14H,5-6,8H2,1-2H3/t11-/m0/s1. The van der Waals surface area contributed by atoms with Gasteiger partial charge in [-0.3, -0.25) is 0 Å². The van der Waals surface area contributed by atoms with Crippen LogP contribution in [0, 0.1) is 13.8 Å². The molecule has 17 heavy (non-hydrogen) atoms. The lowest BCUT2D eigenvalue weighted by Crippen LogP contribution is -2.30. The molecule has 0 amide bonds. The maximum atomic E-state index is 12.3. The number of β-amino-alcohol motifs (C(OH)–C–C–N with tert-alkyl or cyclic N) is 1. The summed E-state index contributed by atoms with van der Waals surface area (Å²) in [6.45, 7) is 4.34. The Morgan fingerprint density at radius 2 is 2.06 bits per heavy atom. The van der Waals surface area contributed by atoms with Crippen LogP contribution in [-0.2, 0) is 10.0 Å². The quantitative estimate of drug-likeness (QED) is 0.859. The third-order valence-electron chi connectivity index (χ3n) is 3.07. The summed E-state index contributed by atoms with van der Waals surface area (Å²) >= 11 is 0. The molecule has 1 fully saturated rings. The number of aryl methyl sites for hydroxylation is 2. The number of sulfonamides is 1. The van der Waals surface area contributed by atoms with Gasteiger partial charge in [-0.1, -0.05) is 17.7 Å². The Morgan fingerprint density at radius 3 is 2.59 bits per heavy atom. The molecule has 1 aromatic rings.